The van der Waals surface area contributed by atoms with Crippen LogP contribution in [0.4, 0.5) is 0 Å². The van der Waals surface area contributed by atoms with Crippen LogP contribution in [0.5, 0.6) is 0 Å². The summed E-state index contributed by atoms with van der Waals surface area (Å²) in [5.41, 5.74) is 1.44. The van der Waals surface area contributed by atoms with Crippen molar-refractivity contribution in [2.75, 3.05) is 13.1 Å². The molecule has 30 heavy (non-hydrogen) atoms. The van der Waals surface area contributed by atoms with Crippen molar-refractivity contribution >= 4 is 38.6 Å². The lowest BCUT2D eigenvalue weighted by molar-refractivity contribution is -0.119. The SMILES string of the molecule is CC(C)(C)c1nc2cc(S(=O)(=O)c3nccs3)ccc2n1CC1CCN(C=O)CC1. The molecule has 0 unspecified atom stereocenters. The molecule has 0 saturated carbocycles. The molecule has 2 aromatic heterocycles. The predicted octanol–water partition coefficient (Wildman–Crippen LogP) is 3.49. The number of fused-ring (bicyclic) bond motifs is 1. The van der Waals surface area contributed by atoms with Gasteiger partial charge in [-0.3, -0.25) is 4.79 Å². The van der Waals surface area contributed by atoms with Gasteiger partial charge in [0.25, 0.3) is 0 Å². The molecule has 1 aliphatic heterocycles. The van der Waals surface area contributed by atoms with E-state index >= 15 is 0 Å². The van der Waals surface area contributed by atoms with Crippen LogP contribution < -0.4 is 0 Å². The van der Waals surface area contributed by atoms with Crippen LogP contribution in [0, 0.1) is 5.92 Å². The Bertz CT molecular complexity index is 1150. The molecule has 0 radical (unpaired) electrons. The molecule has 7 nitrogen and oxygen atoms in total. The number of carbonyl (C=O) groups excluding carboxylic acids is 1. The summed E-state index contributed by atoms with van der Waals surface area (Å²) in [6.07, 6.45) is 4.34. The Morgan fingerprint density at radius 2 is 1.97 bits per heavy atom. The van der Waals surface area contributed by atoms with E-state index in [4.69, 9.17) is 4.98 Å². The fourth-order valence-corrected chi connectivity index (χ4v) is 6.21. The Balaban J connectivity index is 1.73. The number of carbonyl (C=O) groups is 1. The highest BCUT2D eigenvalue weighted by molar-refractivity contribution is 7.93. The smallest absolute Gasteiger partial charge is 0.233 e. The first-order valence-electron chi connectivity index (χ1n) is 10.0. The van der Waals surface area contributed by atoms with Gasteiger partial charge in [-0.2, -0.15) is 0 Å². The van der Waals surface area contributed by atoms with E-state index in [0.29, 0.717) is 11.4 Å². The predicted molar refractivity (Wildman–Crippen MR) is 116 cm³/mol. The van der Waals surface area contributed by atoms with Gasteiger partial charge in [0, 0.05) is 36.6 Å². The van der Waals surface area contributed by atoms with Crippen molar-refractivity contribution in [1.29, 1.82) is 0 Å². The average molecular weight is 447 g/mol. The Kier molecular flexibility index (Phi) is 5.44. The van der Waals surface area contributed by atoms with E-state index in [0.717, 1.165) is 61.6 Å². The van der Waals surface area contributed by atoms with Crippen LogP contribution in [0.2, 0.25) is 0 Å². The maximum absolute atomic E-state index is 12.9. The lowest BCUT2D eigenvalue weighted by Crippen LogP contribution is -2.34. The summed E-state index contributed by atoms with van der Waals surface area (Å²) < 4.78 is 28.1. The van der Waals surface area contributed by atoms with Crippen LogP contribution in [0.15, 0.2) is 39.0 Å². The van der Waals surface area contributed by atoms with E-state index in [-0.39, 0.29) is 14.7 Å². The first-order valence-corrected chi connectivity index (χ1v) is 12.4. The van der Waals surface area contributed by atoms with Gasteiger partial charge in [-0.15, -0.1) is 11.3 Å². The maximum atomic E-state index is 12.9. The van der Waals surface area contributed by atoms with Gasteiger partial charge in [0.15, 0.2) is 0 Å². The van der Waals surface area contributed by atoms with E-state index in [9.17, 15) is 13.2 Å². The number of thiazole rings is 1. The minimum absolute atomic E-state index is 0.0965. The van der Waals surface area contributed by atoms with E-state index in [1.807, 2.05) is 11.0 Å². The Hall–Kier alpha value is -2.26. The van der Waals surface area contributed by atoms with Crippen molar-refractivity contribution < 1.29 is 13.2 Å². The number of sulfone groups is 1. The number of hydrogen-bond donors (Lipinski definition) is 0. The molecule has 9 heteroatoms. The van der Waals surface area contributed by atoms with Gasteiger partial charge in [-0.25, -0.2) is 18.4 Å². The van der Waals surface area contributed by atoms with Gasteiger partial charge in [-0.1, -0.05) is 20.8 Å². The van der Waals surface area contributed by atoms with Crippen molar-refractivity contribution in [3.05, 3.63) is 35.6 Å². The minimum atomic E-state index is -3.64. The van der Waals surface area contributed by atoms with Crippen LogP contribution in [0.25, 0.3) is 11.0 Å². The number of imidazole rings is 1. The highest BCUT2D eigenvalue weighted by atomic mass is 32.2. The molecular weight excluding hydrogens is 420 g/mol. The Morgan fingerprint density at radius 1 is 1.23 bits per heavy atom. The fourth-order valence-electron chi connectivity index (χ4n) is 3.98. The number of nitrogens with zero attached hydrogens (tertiary/aromatic N) is 4. The van der Waals surface area contributed by atoms with Crippen LogP contribution in [0.1, 0.15) is 39.4 Å². The fraction of sp³-hybridized carbons (Fsp3) is 0.476. The summed E-state index contributed by atoms with van der Waals surface area (Å²) in [5, 5.41) is 1.66. The summed E-state index contributed by atoms with van der Waals surface area (Å²) in [5.74, 6) is 1.40. The third-order valence-corrected chi connectivity index (χ3v) is 8.53. The topological polar surface area (TPSA) is 85.2 Å². The molecule has 1 fully saturated rings. The molecule has 3 heterocycles. The second kappa shape index (κ2) is 7.77. The monoisotopic (exact) mass is 446 g/mol. The summed E-state index contributed by atoms with van der Waals surface area (Å²) in [4.78, 5) is 21.9. The van der Waals surface area contributed by atoms with E-state index in [2.05, 4.69) is 30.3 Å². The standard InChI is InChI=1S/C21H26N4O3S2/c1-21(2,3)19-23-17-12-16(30(27,28)20-22-8-11-29-20)4-5-18(17)25(19)13-15-6-9-24(14-26)10-7-15/h4-5,8,11-12,14-15H,6-7,9-10,13H2,1-3H3. The molecule has 0 atom stereocenters. The summed E-state index contributed by atoms with van der Waals surface area (Å²) >= 11 is 1.11. The summed E-state index contributed by atoms with van der Waals surface area (Å²) in [6.45, 7) is 8.73. The molecule has 1 aliphatic rings. The molecule has 1 aromatic carbocycles. The first kappa shape index (κ1) is 21.0. The molecule has 3 aromatic rings. The van der Waals surface area contributed by atoms with Crippen LogP contribution in [0.3, 0.4) is 0 Å². The quantitative estimate of drug-likeness (QED) is 0.560. The number of amides is 1. The van der Waals surface area contributed by atoms with Crippen LogP contribution in [-0.2, 0) is 26.6 Å². The highest BCUT2D eigenvalue weighted by Crippen LogP contribution is 2.32. The maximum Gasteiger partial charge on any atom is 0.233 e. The van der Waals surface area contributed by atoms with E-state index < -0.39 is 9.84 Å². The number of aromatic nitrogens is 3. The average Bonchev–Trinajstić information content (AvgIpc) is 3.37. The second-order valence-electron chi connectivity index (χ2n) is 8.83. The van der Waals surface area contributed by atoms with Gasteiger partial charge in [0.05, 0.1) is 15.9 Å². The molecule has 1 saturated heterocycles. The third kappa shape index (κ3) is 3.88. The highest BCUT2D eigenvalue weighted by Gasteiger charge is 2.28. The molecule has 0 bridgehead atoms. The molecule has 160 valence electrons. The lowest BCUT2D eigenvalue weighted by atomic mass is 9.93. The normalized spacial score (nSPS) is 16.3. The van der Waals surface area contributed by atoms with Gasteiger partial charge in [0.1, 0.15) is 5.82 Å². The third-order valence-electron chi connectivity index (χ3n) is 5.58. The lowest BCUT2D eigenvalue weighted by Gasteiger charge is -2.31. The van der Waals surface area contributed by atoms with Gasteiger partial charge in [0.2, 0.25) is 20.6 Å². The first-order chi connectivity index (χ1) is 14.2. The second-order valence-corrected chi connectivity index (χ2v) is 11.9. The Morgan fingerprint density at radius 3 is 2.57 bits per heavy atom. The summed E-state index contributed by atoms with van der Waals surface area (Å²) in [7, 11) is -3.64. The molecule has 1 amide bonds. The van der Waals surface area contributed by atoms with E-state index in [1.54, 1.807) is 17.5 Å². The number of benzene rings is 1. The van der Waals surface area contributed by atoms with Gasteiger partial charge in [-0.05, 0) is 37.0 Å². The number of rotatable bonds is 5. The van der Waals surface area contributed by atoms with Crippen LogP contribution in [-0.4, -0.2) is 47.4 Å². The number of likely N-dealkylation sites (tertiary alicyclic amines) is 1. The van der Waals surface area contributed by atoms with Crippen molar-refractivity contribution in [1.82, 2.24) is 19.4 Å². The molecule has 0 N–H and O–H groups in total. The van der Waals surface area contributed by atoms with Crippen molar-refractivity contribution in [3.63, 3.8) is 0 Å². The van der Waals surface area contributed by atoms with E-state index in [1.165, 1.54) is 6.20 Å². The molecule has 0 spiro atoms. The largest absolute Gasteiger partial charge is 0.345 e. The molecular formula is C21H26N4O3S2. The Labute approximate surface area is 180 Å². The molecule has 4 rings (SSSR count). The van der Waals surface area contributed by atoms with Gasteiger partial charge >= 0.3 is 0 Å². The zero-order valence-electron chi connectivity index (χ0n) is 17.4. The minimum Gasteiger partial charge on any atom is -0.345 e. The summed E-state index contributed by atoms with van der Waals surface area (Å²) in [6, 6.07) is 5.17. The molecule has 0 aliphatic carbocycles. The number of piperidine rings is 1. The van der Waals surface area contributed by atoms with Gasteiger partial charge < -0.3 is 9.47 Å². The van der Waals surface area contributed by atoms with Crippen molar-refractivity contribution in [2.24, 2.45) is 5.92 Å². The zero-order chi connectivity index (χ0) is 21.5. The van der Waals surface area contributed by atoms with Crippen LogP contribution >= 0.6 is 11.3 Å². The number of hydrogen-bond acceptors (Lipinski definition) is 6. The van der Waals surface area contributed by atoms with Crippen molar-refractivity contribution in [2.45, 2.75) is 54.8 Å². The zero-order valence-corrected chi connectivity index (χ0v) is 19.0. The van der Waals surface area contributed by atoms with Crippen molar-refractivity contribution in [3.8, 4) is 0 Å².